The average molecular weight is 486 g/mol. The lowest BCUT2D eigenvalue weighted by Crippen LogP contribution is -2.42. The van der Waals surface area contributed by atoms with Gasteiger partial charge in [0.05, 0.1) is 4.90 Å². The van der Waals surface area contributed by atoms with Gasteiger partial charge >= 0.3 is 5.97 Å². The summed E-state index contributed by atoms with van der Waals surface area (Å²) in [6.07, 6.45) is 2.16. The molecule has 0 bridgehead atoms. The van der Waals surface area contributed by atoms with Gasteiger partial charge in [-0.15, -0.1) is 0 Å². The maximum Gasteiger partial charge on any atom is 0.324 e. The van der Waals surface area contributed by atoms with Crippen LogP contribution in [0.3, 0.4) is 0 Å². The minimum Gasteiger partial charge on any atom is -0.454 e. The van der Waals surface area contributed by atoms with Gasteiger partial charge in [-0.3, -0.25) is 14.4 Å². The van der Waals surface area contributed by atoms with Gasteiger partial charge in [0.15, 0.2) is 6.61 Å². The minimum atomic E-state index is -3.85. The van der Waals surface area contributed by atoms with Gasteiger partial charge in [0.25, 0.3) is 5.91 Å². The molecule has 0 spiro atoms. The molecule has 34 heavy (non-hydrogen) atoms. The summed E-state index contributed by atoms with van der Waals surface area (Å²) in [6.45, 7) is 2.17. The fourth-order valence-corrected chi connectivity index (χ4v) is 5.86. The number of benzene rings is 2. The first-order valence-corrected chi connectivity index (χ1v) is 12.6. The summed E-state index contributed by atoms with van der Waals surface area (Å²) in [4.78, 5) is 38.7. The van der Waals surface area contributed by atoms with Crippen LogP contribution in [-0.2, 0) is 29.1 Å². The molecule has 10 heteroatoms. The van der Waals surface area contributed by atoms with E-state index in [0.29, 0.717) is 37.2 Å². The Hall–Kier alpha value is -3.24. The van der Waals surface area contributed by atoms with Crippen LogP contribution in [-0.4, -0.2) is 56.2 Å². The highest BCUT2D eigenvalue weighted by molar-refractivity contribution is 7.89. The minimum absolute atomic E-state index is 0.0408. The lowest BCUT2D eigenvalue weighted by Gasteiger charge is -2.22. The largest absolute Gasteiger partial charge is 0.454 e. The molecule has 0 saturated carbocycles. The second kappa shape index (κ2) is 9.94. The summed E-state index contributed by atoms with van der Waals surface area (Å²) in [5.74, 6) is -1.26. The Labute approximate surface area is 198 Å². The Kier molecular flexibility index (Phi) is 6.99. The lowest BCUT2D eigenvalue weighted by atomic mass is 10.2. The van der Waals surface area contributed by atoms with Gasteiger partial charge in [0.1, 0.15) is 6.04 Å². The van der Waals surface area contributed by atoms with Crippen molar-refractivity contribution in [1.29, 1.82) is 0 Å². The van der Waals surface area contributed by atoms with Gasteiger partial charge in [0.2, 0.25) is 15.9 Å². The molecule has 0 aliphatic carbocycles. The normalized spacial score (nSPS) is 18.8. The van der Waals surface area contributed by atoms with Crippen molar-refractivity contribution in [3.63, 3.8) is 0 Å². The van der Waals surface area contributed by atoms with Crippen molar-refractivity contribution in [2.45, 2.75) is 43.5 Å². The van der Waals surface area contributed by atoms with E-state index >= 15 is 0 Å². The number of carbonyl (C=O) groups excluding carboxylic acids is 3. The van der Waals surface area contributed by atoms with Gasteiger partial charge in [0, 0.05) is 30.9 Å². The predicted molar refractivity (Wildman–Crippen MR) is 126 cm³/mol. The number of amides is 2. The van der Waals surface area contributed by atoms with E-state index in [1.54, 1.807) is 41.3 Å². The van der Waals surface area contributed by atoms with Crippen LogP contribution in [0.2, 0.25) is 0 Å². The molecule has 2 saturated heterocycles. The highest BCUT2D eigenvalue weighted by Gasteiger charge is 2.40. The van der Waals surface area contributed by atoms with Crippen molar-refractivity contribution in [2.24, 2.45) is 0 Å². The second-order valence-electron chi connectivity index (χ2n) is 8.44. The molecule has 2 aromatic rings. The molecule has 2 heterocycles. The van der Waals surface area contributed by atoms with Crippen LogP contribution in [0, 0.1) is 6.92 Å². The zero-order valence-corrected chi connectivity index (χ0v) is 19.7. The average Bonchev–Trinajstić information content (AvgIpc) is 3.48. The summed E-state index contributed by atoms with van der Waals surface area (Å²) >= 11 is 0. The van der Waals surface area contributed by atoms with Crippen LogP contribution in [0.15, 0.2) is 53.4 Å². The zero-order chi connectivity index (χ0) is 24.3. The van der Waals surface area contributed by atoms with Crippen molar-refractivity contribution >= 4 is 39.2 Å². The van der Waals surface area contributed by atoms with Gasteiger partial charge in [-0.05, 0) is 56.5 Å². The molecular weight excluding hydrogens is 458 g/mol. The number of aryl methyl sites for hydroxylation is 1. The van der Waals surface area contributed by atoms with Crippen LogP contribution in [0.4, 0.5) is 11.4 Å². The summed E-state index contributed by atoms with van der Waals surface area (Å²) in [6, 6.07) is 12.4. The summed E-state index contributed by atoms with van der Waals surface area (Å²) < 4.78 is 32.3. The van der Waals surface area contributed by atoms with Gasteiger partial charge in [-0.2, -0.15) is 4.31 Å². The van der Waals surface area contributed by atoms with Crippen LogP contribution in [0.1, 0.15) is 31.2 Å². The number of carbonyl (C=O) groups is 3. The molecule has 4 rings (SSSR count). The number of hydrogen-bond acceptors (Lipinski definition) is 6. The zero-order valence-electron chi connectivity index (χ0n) is 18.9. The molecule has 1 N–H and O–H groups in total. The lowest BCUT2D eigenvalue weighted by molar-refractivity contribution is -0.150. The molecule has 2 aliphatic rings. The third-order valence-corrected chi connectivity index (χ3v) is 7.89. The van der Waals surface area contributed by atoms with E-state index in [4.69, 9.17) is 4.74 Å². The molecule has 180 valence electrons. The summed E-state index contributed by atoms with van der Waals surface area (Å²) in [5.41, 5.74) is 2.10. The number of esters is 1. The van der Waals surface area contributed by atoms with Crippen LogP contribution >= 0.6 is 0 Å². The third kappa shape index (κ3) is 5.13. The standard InChI is InChI=1S/C24H27N3O6S/c1-17-9-11-20(12-10-17)34(31,32)27-14-3-7-21(27)24(30)33-16-22(28)25-18-5-2-6-19(15-18)26-13-4-8-23(26)29/h2,5-6,9-12,15,21H,3-4,7-8,13-14,16H2,1H3,(H,25,28)/t21-/m0/s1. The quantitative estimate of drug-likeness (QED) is 0.603. The maximum absolute atomic E-state index is 13.0. The first-order chi connectivity index (χ1) is 16.3. The smallest absolute Gasteiger partial charge is 0.324 e. The third-order valence-electron chi connectivity index (χ3n) is 5.96. The molecule has 0 radical (unpaired) electrons. The van der Waals surface area contributed by atoms with Crippen molar-refractivity contribution < 1.29 is 27.5 Å². The van der Waals surface area contributed by atoms with Crippen molar-refractivity contribution in [2.75, 3.05) is 29.9 Å². The number of anilines is 2. The Morgan fingerprint density at radius 1 is 1.09 bits per heavy atom. The number of sulfonamides is 1. The van der Waals surface area contributed by atoms with Crippen molar-refractivity contribution in [1.82, 2.24) is 4.31 Å². The molecule has 0 unspecified atom stereocenters. The van der Waals surface area contributed by atoms with Gasteiger partial charge < -0.3 is 15.0 Å². The molecular formula is C24H27N3O6S. The van der Waals surface area contributed by atoms with Crippen molar-refractivity contribution in [3.8, 4) is 0 Å². The van der Waals surface area contributed by atoms with Crippen LogP contribution < -0.4 is 10.2 Å². The van der Waals surface area contributed by atoms with E-state index in [0.717, 1.165) is 16.3 Å². The summed E-state index contributed by atoms with van der Waals surface area (Å²) in [5, 5.41) is 2.65. The first-order valence-electron chi connectivity index (χ1n) is 11.2. The Balaban J connectivity index is 1.35. The van der Waals surface area contributed by atoms with Crippen LogP contribution in [0.5, 0.6) is 0 Å². The molecule has 0 aromatic heterocycles. The topological polar surface area (TPSA) is 113 Å². The summed E-state index contributed by atoms with van der Waals surface area (Å²) in [7, 11) is -3.85. The molecule has 1 atom stereocenters. The maximum atomic E-state index is 13.0. The second-order valence-corrected chi connectivity index (χ2v) is 10.3. The fourth-order valence-electron chi connectivity index (χ4n) is 4.21. The van der Waals surface area contributed by atoms with E-state index in [1.165, 1.54) is 12.1 Å². The van der Waals surface area contributed by atoms with E-state index < -0.39 is 34.5 Å². The monoisotopic (exact) mass is 485 g/mol. The fraction of sp³-hybridized carbons (Fsp3) is 0.375. The van der Waals surface area contributed by atoms with Gasteiger partial charge in [-0.1, -0.05) is 23.8 Å². The highest BCUT2D eigenvalue weighted by Crippen LogP contribution is 2.27. The Bertz CT molecular complexity index is 1200. The first kappa shape index (κ1) is 23.9. The molecule has 2 fully saturated rings. The number of rotatable bonds is 7. The molecule has 2 aromatic carbocycles. The Morgan fingerprint density at radius 3 is 2.56 bits per heavy atom. The van der Waals surface area contributed by atoms with Gasteiger partial charge in [-0.25, -0.2) is 8.42 Å². The van der Waals surface area contributed by atoms with E-state index in [2.05, 4.69) is 5.32 Å². The number of ether oxygens (including phenoxy) is 1. The highest BCUT2D eigenvalue weighted by atomic mass is 32.2. The predicted octanol–water partition coefficient (Wildman–Crippen LogP) is 2.46. The molecule has 9 nitrogen and oxygen atoms in total. The number of hydrogen-bond donors (Lipinski definition) is 1. The molecule has 2 amide bonds. The van der Waals surface area contributed by atoms with E-state index in [-0.39, 0.29) is 17.3 Å². The molecule has 2 aliphatic heterocycles. The van der Waals surface area contributed by atoms with E-state index in [1.807, 2.05) is 6.92 Å². The SMILES string of the molecule is Cc1ccc(S(=O)(=O)N2CCC[C@H]2C(=O)OCC(=O)Nc2cccc(N3CCCC3=O)c2)cc1. The van der Waals surface area contributed by atoms with Crippen molar-refractivity contribution in [3.05, 3.63) is 54.1 Å². The Morgan fingerprint density at radius 2 is 1.85 bits per heavy atom. The van der Waals surface area contributed by atoms with E-state index in [9.17, 15) is 22.8 Å². The van der Waals surface area contributed by atoms with Crippen LogP contribution in [0.25, 0.3) is 0 Å². The number of nitrogens with one attached hydrogen (secondary N) is 1. The number of nitrogens with zero attached hydrogens (tertiary/aromatic N) is 2.